The second-order valence-electron chi connectivity index (χ2n) is 7.90. The average molecular weight is 545 g/mol. The highest BCUT2D eigenvalue weighted by Gasteiger charge is 2.31. The second kappa shape index (κ2) is 11.8. The van der Waals surface area contributed by atoms with Gasteiger partial charge in [-0.1, -0.05) is 47.1 Å². The number of aromatic hydroxyl groups is 1. The van der Waals surface area contributed by atoms with Gasteiger partial charge in [-0.25, -0.2) is 14.2 Å². The molecule has 184 valence electrons. The Bertz CT molecular complexity index is 1190. The zero-order valence-electron chi connectivity index (χ0n) is 19.4. The molecule has 0 bridgehead atoms. The largest absolute Gasteiger partial charge is 0.505 e. The molecule has 0 spiro atoms. The summed E-state index contributed by atoms with van der Waals surface area (Å²) in [6.07, 6.45) is 2.36. The number of carboxylic acids is 1. The summed E-state index contributed by atoms with van der Waals surface area (Å²) in [7, 11) is 1.58. The SMILES string of the molecule is CCC(Br)c1ccc(F)cc1.COc1ccc(CN2CCc3c(C(=O)O)ncc(O)c3C2=O)cc1. The van der Waals surface area contributed by atoms with Crippen LogP contribution in [0.4, 0.5) is 4.39 Å². The Hall–Kier alpha value is -3.46. The summed E-state index contributed by atoms with van der Waals surface area (Å²) in [6.45, 7) is 2.82. The first-order chi connectivity index (χ1) is 16.7. The summed E-state index contributed by atoms with van der Waals surface area (Å²) in [5.41, 5.74) is 2.19. The van der Waals surface area contributed by atoms with E-state index in [0.717, 1.165) is 29.5 Å². The minimum atomic E-state index is -1.21. The summed E-state index contributed by atoms with van der Waals surface area (Å²) >= 11 is 3.49. The summed E-state index contributed by atoms with van der Waals surface area (Å²) in [6, 6.07) is 13.9. The molecule has 1 unspecified atom stereocenters. The molecule has 3 aromatic rings. The number of rotatable bonds is 6. The predicted octanol–water partition coefficient (Wildman–Crippen LogP) is 5.36. The van der Waals surface area contributed by atoms with E-state index in [1.165, 1.54) is 12.1 Å². The number of carbonyl (C=O) groups excluding carboxylic acids is 1. The van der Waals surface area contributed by atoms with E-state index in [0.29, 0.717) is 29.9 Å². The van der Waals surface area contributed by atoms with E-state index in [4.69, 9.17) is 4.74 Å². The zero-order chi connectivity index (χ0) is 25.5. The molecular formula is C26H26BrFN2O5. The van der Waals surface area contributed by atoms with Crippen LogP contribution < -0.4 is 4.74 Å². The average Bonchev–Trinajstić information content (AvgIpc) is 2.86. The Morgan fingerprint density at radius 1 is 1.20 bits per heavy atom. The molecule has 1 aliphatic heterocycles. The molecule has 7 nitrogen and oxygen atoms in total. The molecule has 1 aliphatic rings. The predicted molar refractivity (Wildman–Crippen MR) is 133 cm³/mol. The number of halogens is 2. The highest BCUT2D eigenvalue weighted by atomic mass is 79.9. The van der Waals surface area contributed by atoms with Crippen LogP contribution in [-0.2, 0) is 13.0 Å². The van der Waals surface area contributed by atoms with Crippen LogP contribution in [0.2, 0.25) is 0 Å². The number of hydrogen-bond acceptors (Lipinski definition) is 5. The fourth-order valence-electron chi connectivity index (χ4n) is 3.72. The normalized spacial score (nSPS) is 13.4. The molecule has 0 radical (unpaired) electrons. The van der Waals surface area contributed by atoms with Gasteiger partial charge in [-0.3, -0.25) is 4.79 Å². The Balaban J connectivity index is 0.000000261. The molecule has 1 amide bonds. The first-order valence-corrected chi connectivity index (χ1v) is 11.9. The number of fused-ring (bicyclic) bond motifs is 1. The van der Waals surface area contributed by atoms with Crippen LogP contribution in [0.15, 0.2) is 54.7 Å². The molecule has 0 aliphatic carbocycles. The third-order valence-corrected chi connectivity index (χ3v) is 6.79. The van der Waals surface area contributed by atoms with E-state index in [1.54, 1.807) is 24.1 Å². The molecule has 2 N–H and O–H groups in total. The molecule has 1 atom stereocenters. The number of carbonyl (C=O) groups is 2. The van der Waals surface area contributed by atoms with Gasteiger partial charge in [0.25, 0.3) is 5.91 Å². The maximum Gasteiger partial charge on any atom is 0.354 e. The smallest absolute Gasteiger partial charge is 0.354 e. The molecule has 0 saturated carbocycles. The van der Waals surface area contributed by atoms with Crippen molar-refractivity contribution in [3.8, 4) is 11.5 Å². The standard InChI is InChI=1S/C17H16N2O5.C9H10BrF/c1-24-11-4-2-10(3-5-11)9-19-7-6-12-14(16(19)21)13(20)8-18-15(12)17(22)23;1-2-9(10)7-3-5-8(11)6-4-7/h2-5,8,20H,6-7,9H2,1H3,(H,22,23);3-6,9H,2H2,1H3. The zero-order valence-corrected chi connectivity index (χ0v) is 21.0. The first-order valence-electron chi connectivity index (χ1n) is 11.0. The van der Waals surface area contributed by atoms with Crippen LogP contribution in [0, 0.1) is 5.82 Å². The van der Waals surface area contributed by atoms with Gasteiger partial charge in [0.2, 0.25) is 0 Å². The summed E-state index contributed by atoms with van der Waals surface area (Å²) in [5, 5.41) is 19.2. The van der Waals surface area contributed by atoms with Crippen molar-refractivity contribution >= 4 is 27.8 Å². The van der Waals surface area contributed by atoms with Crippen LogP contribution in [0.5, 0.6) is 11.5 Å². The third kappa shape index (κ3) is 6.36. The lowest BCUT2D eigenvalue weighted by molar-refractivity contribution is 0.0685. The van der Waals surface area contributed by atoms with Crippen molar-refractivity contribution < 1.29 is 28.9 Å². The highest BCUT2D eigenvalue weighted by molar-refractivity contribution is 9.09. The van der Waals surface area contributed by atoms with Gasteiger partial charge in [0, 0.05) is 23.5 Å². The number of carboxylic acid groups (broad SMARTS) is 1. The molecule has 2 heterocycles. The van der Waals surface area contributed by atoms with E-state index < -0.39 is 11.9 Å². The quantitative estimate of drug-likeness (QED) is 0.405. The second-order valence-corrected chi connectivity index (χ2v) is 9.01. The van der Waals surface area contributed by atoms with E-state index in [1.807, 2.05) is 24.3 Å². The molecule has 35 heavy (non-hydrogen) atoms. The Kier molecular flexibility index (Phi) is 8.81. The Morgan fingerprint density at radius 3 is 2.43 bits per heavy atom. The molecule has 0 saturated heterocycles. The number of aromatic nitrogens is 1. The lowest BCUT2D eigenvalue weighted by Gasteiger charge is -2.29. The van der Waals surface area contributed by atoms with E-state index in [-0.39, 0.29) is 22.8 Å². The number of ether oxygens (including phenoxy) is 1. The number of methoxy groups -OCH3 is 1. The number of amides is 1. The fourth-order valence-corrected chi connectivity index (χ4v) is 4.03. The number of nitrogens with zero attached hydrogens (tertiary/aromatic N) is 2. The first kappa shape index (κ1) is 26.2. The maximum atomic E-state index is 12.7. The van der Waals surface area contributed by atoms with Gasteiger partial charge in [0.15, 0.2) is 5.69 Å². The van der Waals surface area contributed by atoms with Gasteiger partial charge in [-0.05, 0) is 48.2 Å². The maximum absolute atomic E-state index is 12.7. The number of aromatic carboxylic acids is 1. The highest BCUT2D eigenvalue weighted by Crippen LogP contribution is 2.30. The third-order valence-electron chi connectivity index (χ3n) is 5.62. The van der Waals surface area contributed by atoms with Crippen LogP contribution in [0.25, 0.3) is 0 Å². The van der Waals surface area contributed by atoms with Gasteiger partial charge in [-0.15, -0.1) is 0 Å². The number of alkyl halides is 1. The van der Waals surface area contributed by atoms with Crippen molar-refractivity contribution in [2.24, 2.45) is 0 Å². The van der Waals surface area contributed by atoms with Crippen LogP contribution in [0.3, 0.4) is 0 Å². The van der Waals surface area contributed by atoms with Crippen molar-refractivity contribution in [1.82, 2.24) is 9.88 Å². The molecule has 4 rings (SSSR count). The Morgan fingerprint density at radius 2 is 1.86 bits per heavy atom. The monoisotopic (exact) mass is 544 g/mol. The van der Waals surface area contributed by atoms with Crippen molar-refractivity contribution in [2.45, 2.75) is 31.1 Å². The van der Waals surface area contributed by atoms with Gasteiger partial charge in [0.1, 0.15) is 17.3 Å². The van der Waals surface area contributed by atoms with Crippen molar-refractivity contribution in [1.29, 1.82) is 0 Å². The number of benzene rings is 2. The molecule has 9 heteroatoms. The van der Waals surface area contributed by atoms with Crippen molar-refractivity contribution in [3.05, 3.63) is 88.5 Å². The summed E-state index contributed by atoms with van der Waals surface area (Å²) < 4.78 is 17.5. The number of pyridine rings is 1. The lowest BCUT2D eigenvalue weighted by atomic mass is 9.96. The lowest BCUT2D eigenvalue weighted by Crippen LogP contribution is -2.38. The van der Waals surface area contributed by atoms with Crippen molar-refractivity contribution in [2.75, 3.05) is 13.7 Å². The van der Waals surface area contributed by atoms with Gasteiger partial charge < -0.3 is 19.8 Å². The molecule has 1 aromatic heterocycles. The van der Waals surface area contributed by atoms with Crippen LogP contribution >= 0.6 is 15.9 Å². The molecule has 2 aromatic carbocycles. The van der Waals surface area contributed by atoms with Gasteiger partial charge in [-0.2, -0.15) is 0 Å². The van der Waals surface area contributed by atoms with E-state index in [2.05, 4.69) is 27.8 Å². The molecule has 0 fully saturated rings. The van der Waals surface area contributed by atoms with Gasteiger partial charge in [0.05, 0.1) is 18.9 Å². The number of hydrogen-bond donors (Lipinski definition) is 2. The topological polar surface area (TPSA) is 100.0 Å². The van der Waals surface area contributed by atoms with E-state index >= 15 is 0 Å². The minimum absolute atomic E-state index is 0.0298. The molecular weight excluding hydrogens is 519 g/mol. The summed E-state index contributed by atoms with van der Waals surface area (Å²) in [4.78, 5) is 29.6. The van der Waals surface area contributed by atoms with Crippen LogP contribution in [0.1, 0.15) is 55.7 Å². The fraction of sp³-hybridized carbons (Fsp3) is 0.269. The van der Waals surface area contributed by atoms with E-state index in [9.17, 15) is 24.2 Å². The minimum Gasteiger partial charge on any atom is -0.505 e. The van der Waals surface area contributed by atoms with Gasteiger partial charge >= 0.3 is 5.97 Å². The van der Waals surface area contributed by atoms with Crippen LogP contribution in [-0.4, -0.2) is 45.6 Å². The Labute approximate surface area is 211 Å². The summed E-state index contributed by atoms with van der Waals surface area (Å²) in [5.74, 6) is -1.34. The van der Waals surface area contributed by atoms with Crippen molar-refractivity contribution in [3.63, 3.8) is 0 Å².